The smallest absolute Gasteiger partial charge is 0.334 e. The Morgan fingerprint density at radius 3 is 2.25 bits per heavy atom. The Bertz CT molecular complexity index is 604. The van der Waals surface area contributed by atoms with Gasteiger partial charge in [0.1, 0.15) is 5.60 Å². The van der Waals surface area contributed by atoms with Gasteiger partial charge in [-0.3, -0.25) is 9.79 Å². The summed E-state index contributed by atoms with van der Waals surface area (Å²) < 4.78 is 10.1. The molecule has 1 aromatic rings. The fraction of sp³-hybridized carbons (Fsp3) is 0.500. The van der Waals surface area contributed by atoms with Gasteiger partial charge in [0, 0.05) is 17.7 Å². The molecule has 0 bridgehead atoms. The highest BCUT2D eigenvalue weighted by Gasteiger charge is 2.37. The second-order valence-electron chi connectivity index (χ2n) is 6.66. The standard InChI is InChI=1S/C18H24ClNO4/c1-17(2,3)24-16(22)18(4,11-10-15(21)23-5)20-12-13-6-8-14(19)9-7-13/h6-9,12H,10-11H2,1-5H3/t18-/m0/s1. The summed E-state index contributed by atoms with van der Waals surface area (Å²) in [4.78, 5) is 28.4. The molecule has 0 amide bonds. The van der Waals surface area contributed by atoms with Crippen LogP contribution in [0.2, 0.25) is 5.02 Å². The number of halogens is 1. The largest absolute Gasteiger partial charge is 0.469 e. The van der Waals surface area contributed by atoms with Crippen LogP contribution in [0.3, 0.4) is 0 Å². The van der Waals surface area contributed by atoms with Crippen LogP contribution < -0.4 is 0 Å². The van der Waals surface area contributed by atoms with E-state index in [1.807, 2.05) is 0 Å². The van der Waals surface area contributed by atoms with E-state index in [9.17, 15) is 9.59 Å². The molecule has 0 fully saturated rings. The highest BCUT2D eigenvalue weighted by molar-refractivity contribution is 6.30. The molecular formula is C18H24ClNO4. The normalized spacial score (nSPS) is 14.2. The van der Waals surface area contributed by atoms with E-state index in [2.05, 4.69) is 9.73 Å². The molecule has 0 radical (unpaired) electrons. The molecule has 1 rings (SSSR count). The molecule has 132 valence electrons. The van der Waals surface area contributed by atoms with Crippen molar-refractivity contribution in [3.63, 3.8) is 0 Å². The maximum Gasteiger partial charge on any atom is 0.334 e. The summed E-state index contributed by atoms with van der Waals surface area (Å²) >= 11 is 5.86. The summed E-state index contributed by atoms with van der Waals surface area (Å²) in [6, 6.07) is 7.06. The Kier molecular flexibility index (Phi) is 6.96. The number of esters is 2. The zero-order chi connectivity index (χ0) is 18.4. The molecule has 6 heteroatoms. The predicted molar refractivity (Wildman–Crippen MR) is 94.5 cm³/mol. The van der Waals surface area contributed by atoms with E-state index in [1.165, 1.54) is 7.11 Å². The van der Waals surface area contributed by atoms with Crippen molar-refractivity contribution in [3.8, 4) is 0 Å². The predicted octanol–water partition coefficient (Wildman–Crippen LogP) is 3.81. The first-order valence-corrected chi connectivity index (χ1v) is 8.04. The molecule has 0 N–H and O–H groups in total. The lowest BCUT2D eigenvalue weighted by Gasteiger charge is -2.28. The molecule has 5 nitrogen and oxygen atoms in total. The molecule has 0 aromatic heterocycles. The van der Waals surface area contributed by atoms with Crippen LogP contribution in [-0.4, -0.2) is 36.4 Å². The lowest BCUT2D eigenvalue weighted by molar-refractivity contribution is -0.161. The van der Waals surface area contributed by atoms with E-state index >= 15 is 0 Å². The van der Waals surface area contributed by atoms with Gasteiger partial charge in [-0.1, -0.05) is 23.7 Å². The van der Waals surface area contributed by atoms with Gasteiger partial charge in [0.15, 0.2) is 5.54 Å². The molecular weight excluding hydrogens is 330 g/mol. The summed E-state index contributed by atoms with van der Waals surface area (Å²) in [7, 11) is 1.31. The molecule has 0 saturated carbocycles. The van der Waals surface area contributed by atoms with E-state index in [0.717, 1.165) is 5.56 Å². The van der Waals surface area contributed by atoms with Crippen LogP contribution in [0, 0.1) is 0 Å². The Morgan fingerprint density at radius 2 is 1.75 bits per heavy atom. The molecule has 1 aromatic carbocycles. The maximum absolute atomic E-state index is 12.5. The van der Waals surface area contributed by atoms with Crippen molar-refractivity contribution in [2.75, 3.05) is 7.11 Å². The van der Waals surface area contributed by atoms with Gasteiger partial charge >= 0.3 is 11.9 Å². The molecule has 0 spiro atoms. The van der Waals surface area contributed by atoms with Gasteiger partial charge < -0.3 is 9.47 Å². The van der Waals surface area contributed by atoms with Gasteiger partial charge in [-0.15, -0.1) is 0 Å². The number of benzene rings is 1. The third kappa shape index (κ3) is 6.71. The monoisotopic (exact) mass is 353 g/mol. The van der Waals surface area contributed by atoms with E-state index in [0.29, 0.717) is 5.02 Å². The van der Waals surface area contributed by atoms with Gasteiger partial charge in [-0.05, 0) is 51.8 Å². The number of rotatable bonds is 6. The van der Waals surface area contributed by atoms with Crippen LogP contribution in [0.1, 0.15) is 46.1 Å². The van der Waals surface area contributed by atoms with E-state index < -0.39 is 23.1 Å². The minimum Gasteiger partial charge on any atom is -0.469 e. The second-order valence-corrected chi connectivity index (χ2v) is 7.10. The fourth-order valence-electron chi connectivity index (χ4n) is 1.82. The number of hydrogen-bond donors (Lipinski definition) is 0. The lowest BCUT2D eigenvalue weighted by Crippen LogP contribution is -2.40. The Morgan fingerprint density at radius 1 is 1.17 bits per heavy atom. The van der Waals surface area contributed by atoms with Crippen molar-refractivity contribution in [2.24, 2.45) is 4.99 Å². The highest BCUT2D eigenvalue weighted by Crippen LogP contribution is 2.23. The molecule has 24 heavy (non-hydrogen) atoms. The van der Waals surface area contributed by atoms with Crippen molar-refractivity contribution >= 4 is 29.8 Å². The topological polar surface area (TPSA) is 65.0 Å². The zero-order valence-electron chi connectivity index (χ0n) is 14.8. The summed E-state index contributed by atoms with van der Waals surface area (Å²) in [5.41, 5.74) is -1.02. The number of hydrogen-bond acceptors (Lipinski definition) is 5. The fourth-order valence-corrected chi connectivity index (χ4v) is 1.95. The first-order valence-electron chi connectivity index (χ1n) is 7.67. The SMILES string of the molecule is COC(=O)CC[C@](C)(N=Cc1ccc(Cl)cc1)C(=O)OC(C)(C)C. The summed E-state index contributed by atoms with van der Waals surface area (Å²) in [6.07, 6.45) is 1.85. The number of carbonyl (C=O) groups excluding carboxylic acids is 2. The summed E-state index contributed by atoms with van der Waals surface area (Å²) in [6.45, 7) is 7.01. The number of nitrogens with zero attached hydrogens (tertiary/aromatic N) is 1. The Hall–Kier alpha value is -1.88. The molecule has 0 aliphatic rings. The van der Waals surface area contributed by atoms with Crippen molar-refractivity contribution in [1.29, 1.82) is 0 Å². The van der Waals surface area contributed by atoms with Gasteiger partial charge in [-0.2, -0.15) is 0 Å². The first-order chi connectivity index (χ1) is 11.1. The number of aliphatic imine (C=N–C) groups is 1. The van der Waals surface area contributed by atoms with Crippen LogP contribution in [0.15, 0.2) is 29.3 Å². The molecule has 0 aliphatic heterocycles. The van der Waals surface area contributed by atoms with Crippen LogP contribution in [-0.2, 0) is 19.1 Å². The van der Waals surface area contributed by atoms with Crippen LogP contribution in [0.25, 0.3) is 0 Å². The molecule has 0 heterocycles. The second kappa shape index (κ2) is 8.29. The van der Waals surface area contributed by atoms with Gasteiger partial charge in [0.2, 0.25) is 0 Å². The number of carbonyl (C=O) groups is 2. The van der Waals surface area contributed by atoms with E-state index in [-0.39, 0.29) is 12.8 Å². The highest BCUT2D eigenvalue weighted by atomic mass is 35.5. The van der Waals surface area contributed by atoms with E-state index in [4.69, 9.17) is 16.3 Å². The Balaban J connectivity index is 3.00. The minimum absolute atomic E-state index is 0.0736. The van der Waals surface area contributed by atoms with Gasteiger partial charge in [0.25, 0.3) is 0 Å². The quantitative estimate of drug-likeness (QED) is 0.576. The molecule has 0 unspecified atom stereocenters. The lowest BCUT2D eigenvalue weighted by atomic mass is 9.96. The maximum atomic E-state index is 12.5. The Labute approximate surface area is 148 Å². The average molecular weight is 354 g/mol. The minimum atomic E-state index is -1.18. The van der Waals surface area contributed by atoms with Crippen LogP contribution in [0.4, 0.5) is 0 Å². The first kappa shape index (κ1) is 20.2. The van der Waals surface area contributed by atoms with Crippen molar-refractivity contribution < 1.29 is 19.1 Å². The number of ether oxygens (including phenoxy) is 2. The van der Waals surface area contributed by atoms with Crippen LogP contribution >= 0.6 is 11.6 Å². The van der Waals surface area contributed by atoms with Gasteiger partial charge in [-0.25, -0.2) is 4.79 Å². The third-order valence-electron chi connectivity index (χ3n) is 3.25. The average Bonchev–Trinajstić information content (AvgIpc) is 2.50. The van der Waals surface area contributed by atoms with Crippen molar-refractivity contribution in [3.05, 3.63) is 34.9 Å². The summed E-state index contributed by atoms with van der Waals surface area (Å²) in [5.74, 6) is -0.879. The number of methoxy groups -OCH3 is 1. The molecule has 0 aliphatic carbocycles. The van der Waals surface area contributed by atoms with Crippen molar-refractivity contribution in [1.82, 2.24) is 0 Å². The van der Waals surface area contributed by atoms with E-state index in [1.54, 1.807) is 58.2 Å². The third-order valence-corrected chi connectivity index (χ3v) is 3.50. The summed E-state index contributed by atoms with van der Waals surface area (Å²) in [5, 5.41) is 0.618. The molecule has 1 atom stereocenters. The molecule has 0 saturated heterocycles. The zero-order valence-corrected chi connectivity index (χ0v) is 15.5. The van der Waals surface area contributed by atoms with Crippen LogP contribution in [0.5, 0.6) is 0 Å². The van der Waals surface area contributed by atoms with Gasteiger partial charge in [0.05, 0.1) is 7.11 Å². The van der Waals surface area contributed by atoms with Crippen molar-refractivity contribution in [2.45, 2.75) is 51.7 Å².